The molecule has 1 aliphatic rings. The van der Waals surface area contributed by atoms with Crippen molar-refractivity contribution in [3.63, 3.8) is 0 Å². The molecule has 0 unspecified atom stereocenters. The van der Waals surface area contributed by atoms with Gasteiger partial charge in [-0.1, -0.05) is 41.1 Å². The number of carbonyl (C=O) groups excluding carboxylic acids is 2. The quantitative estimate of drug-likeness (QED) is 0.646. The standard InChI is InChI=1S/C23H25BrFN3O2/c1-2-17-5-3-4-6-21(17)26-22(29)16-27-11-13-28(14-12-27)23(30)10-7-18-15-19(24)8-9-20(18)25/h3-10,15H,2,11-14,16H2,1H3,(H,26,29)/b10-7+. The van der Waals surface area contributed by atoms with Crippen molar-refractivity contribution in [1.82, 2.24) is 9.80 Å². The lowest BCUT2D eigenvalue weighted by molar-refractivity contribution is -0.127. The van der Waals surface area contributed by atoms with Gasteiger partial charge in [-0.25, -0.2) is 4.39 Å². The molecule has 1 aliphatic heterocycles. The molecular weight excluding hydrogens is 449 g/mol. The molecule has 158 valence electrons. The Balaban J connectivity index is 1.48. The largest absolute Gasteiger partial charge is 0.337 e. The summed E-state index contributed by atoms with van der Waals surface area (Å²) in [6.07, 6.45) is 3.75. The number of carbonyl (C=O) groups is 2. The second kappa shape index (κ2) is 10.5. The van der Waals surface area contributed by atoms with E-state index in [9.17, 15) is 14.0 Å². The summed E-state index contributed by atoms with van der Waals surface area (Å²) in [4.78, 5) is 28.6. The summed E-state index contributed by atoms with van der Waals surface area (Å²) in [5, 5.41) is 2.98. The Bertz CT molecular complexity index is 940. The van der Waals surface area contributed by atoms with E-state index in [1.165, 1.54) is 18.2 Å². The fourth-order valence-corrected chi connectivity index (χ4v) is 3.76. The SMILES string of the molecule is CCc1ccccc1NC(=O)CN1CCN(C(=O)/C=C/c2cc(Br)ccc2F)CC1. The van der Waals surface area contributed by atoms with Crippen molar-refractivity contribution in [1.29, 1.82) is 0 Å². The minimum Gasteiger partial charge on any atom is -0.337 e. The third-order valence-electron chi connectivity index (χ3n) is 5.09. The molecule has 0 spiro atoms. The highest BCUT2D eigenvalue weighted by Gasteiger charge is 2.21. The monoisotopic (exact) mass is 473 g/mol. The molecule has 3 rings (SSSR count). The van der Waals surface area contributed by atoms with Gasteiger partial charge in [-0.2, -0.15) is 0 Å². The fraction of sp³-hybridized carbons (Fsp3) is 0.304. The van der Waals surface area contributed by atoms with E-state index in [0.29, 0.717) is 38.3 Å². The highest BCUT2D eigenvalue weighted by Crippen LogP contribution is 2.17. The van der Waals surface area contributed by atoms with Gasteiger partial charge in [0, 0.05) is 48.0 Å². The lowest BCUT2D eigenvalue weighted by atomic mass is 10.1. The Morgan fingerprint density at radius 3 is 2.60 bits per heavy atom. The molecule has 2 aromatic rings. The Labute approximate surface area is 184 Å². The molecule has 30 heavy (non-hydrogen) atoms. The molecule has 2 amide bonds. The van der Waals surface area contributed by atoms with Crippen LogP contribution in [0.15, 0.2) is 53.0 Å². The lowest BCUT2D eigenvalue weighted by Crippen LogP contribution is -2.50. The van der Waals surface area contributed by atoms with Crippen LogP contribution in [-0.2, 0) is 16.0 Å². The van der Waals surface area contributed by atoms with Crippen molar-refractivity contribution in [2.75, 3.05) is 38.0 Å². The number of aryl methyl sites for hydroxylation is 1. The summed E-state index contributed by atoms with van der Waals surface area (Å²) in [5.74, 6) is -0.584. The van der Waals surface area contributed by atoms with E-state index in [-0.39, 0.29) is 17.6 Å². The average Bonchev–Trinajstić information content (AvgIpc) is 2.75. The Morgan fingerprint density at radius 1 is 1.13 bits per heavy atom. The number of para-hydroxylation sites is 1. The van der Waals surface area contributed by atoms with Crippen LogP contribution in [-0.4, -0.2) is 54.3 Å². The molecule has 1 fully saturated rings. The lowest BCUT2D eigenvalue weighted by Gasteiger charge is -2.33. The van der Waals surface area contributed by atoms with Crippen molar-refractivity contribution in [2.24, 2.45) is 0 Å². The molecule has 0 atom stereocenters. The van der Waals surface area contributed by atoms with E-state index in [1.807, 2.05) is 29.2 Å². The molecule has 0 bridgehead atoms. The van der Waals surface area contributed by atoms with Crippen molar-refractivity contribution < 1.29 is 14.0 Å². The molecule has 5 nitrogen and oxygen atoms in total. The van der Waals surface area contributed by atoms with E-state index in [1.54, 1.807) is 17.0 Å². The Morgan fingerprint density at radius 2 is 1.87 bits per heavy atom. The van der Waals surface area contributed by atoms with Crippen molar-refractivity contribution >= 4 is 39.5 Å². The number of piperazine rings is 1. The first-order valence-electron chi connectivity index (χ1n) is 9.98. The van der Waals surface area contributed by atoms with Crippen LogP contribution < -0.4 is 5.32 Å². The summed E-state index contributed by atoms with van der Waals surface area (Å²) < 4.78 is 14.6. The van der Waals surface area contributed by atoms with Gasteiger partial charge < -0.3 is 10.2 Å². The molecule has 0 aromatic heterocycles. The zero-order chi connectivity index (χ0) is 21.5. The second-order valence-corrected chi connectivity index (χ2v) is 8.08. The smallest absolute Gasteiger partial charge is 0.246 e. The number of anilines is 1. The van der Waals surface area contributed by atoms with Crippen molar-refractivity contribution in [3.05, 3.63) is 70.0 Å². The number of benzene rings is 2. The average molecular weight is 474 g/mol. The normalized spacial score (nSPS) is 14.8. The third-order valence-corrected chi connectivity index (χ3v) is 5.58. The van der Waals surface area contributed by atoms with E-state index >= 15 is 0 Å². The number of halogens is 2. The van der Waals surface area contributed by atoms with Crippen LogP contribution in [0.25, 0.3) is 6.08 Å². The van der Waals surface area contributed by atoms with Crippen LogP contribution in [0.1, 0.15) is 18.1 Å². The van der Waals surface area contributed by atoms with Gasteiger partial charge in [0.15, 0.2) is 0 Å². The first-order chi connectivity index (χ1) is 14.5. The van der Waals surface area contributed by atoms with Gasteiger partial charge in [-0.15, -0.1) is 0 Å². The zero-order valence-electron chi connectivity index (χ0n) is 16.9. The molecule has 1 heterocycles. The van der Waals surface area contributed by atoms with Gasteiger partial charge >= 0.3 is 0 Å². The molecule has 7 heteroatoms. The summed E-state index contributed by atoms with van der Waals surface area (Å²) in [6.45, 7) is 4.65. The van der Waals surface area contributed by atoms with Crippen molar-refractivity contribution in [2.45, 2.75) is 13.3 Å². The third kappa shape index (κ3) is 6.00. The molecule has 2 aromatic carbocycles. The van der Waals surface area contributed by atoms with Crippen LogP contribution in [0.4, 0.5) is 10.1 Å². The van der Waals surface area contributed by atoms with E-state index < -0.39 is 0 Å². The minimum absolute atomic E-state index is 0.0549. The van der Waals surface area contributed by atoms with Crippen LogP contribution in [0.3, 0.4) is 0 Å². The Kier molecular flexibility index (Phi) is 7.76. The molecule has 1 N–H and O–H groups in total. The van der Waals surface area contributed by atoms with Gasteiger partial charge in [-0.05, 0) is 42.3 Å². The first-order valence-corrected chi connectivity index (χ1v) is 10.8. The number of nitrogens with zero attached hydrogens (tertiary/aromatic N) is 2. The highest BCUT2D eigenvalue weighted by atomic mass is 79.9. The number of amides is 2. The molecule has 0 aliphatic carbocycles. The van der Waals surface area contributed by atoms with Crippen LogP contribution in [0, 0.1) is 5.82 Å². The summed E-state index contributed by atoms with van der Waals surface area (Å²) >= 11 is 3.30. The topological polar surface area (TPSA) is 52.7 Å². The van der Waals surface area contributed by atoms with E-state index in [0.717, 1.165) is 22.1 Å². The number of hydrogen-bond donors (Lipinski definition) is 1. The van der Waals surface area contributed by atoms with Gasteiger partial charge in [-0.3, -0.25) is 14.5 Å². The van der Waals surface area contributed by atoms with Gasteiger partial charge in [0.05, 0.1) is 6.54 Å². The number of nitrogens with one attached hydrogen (secondary N) is 1. The number of hydrogen-bond acceptors (Lipinski definition) is 3. The van der Waals surface area contributed by atoms with Crippen LogP contribution >= 0.6 is 15.9 Å². The predicted molar refractivity (Wildman–Crippen MR) is 121 cm³/mol. The fourth-order valence-electron chi connectivity index (χ4n) is 3.38. The van der Waals surface area contributed by atoms with Crippen LogP contribution in [0.2, 0.25) is 0 Å². The highest BCUT2D eigenvalue weighted by molar-refractivity contribution is 9.10. The second-order valence-electron chi connectivity index (χ2n) is 7.16. The first kappa shape index (κ1) is 22.2. The number of rotatable bonds is 6. The maximum Gasteiger partial charge on any atom is 0.246 e. The summed E-state index contributed by atoms with van der Waals surface area (Å²) in [5.41, 5.74) is 2.32. The molecule has 1 saturated heterocycles. The summed E-state index contributed by atoms with van der Waals surface area (Å²) in [7, 11) is 0. The van der Waals surface area contributed by atoms with Gasteiger partial charge in [0.2, 0.25) is 11.8 Å². The maximum absolute atomic E-state index is 13.8. The molecule has 0 saturated carbocycles. The van der Waals surface area contributed by atoms with Gasteiger partial charge in [0.25, 0.3) is 0 Å². The molecular formula is C23H25BrFN3O2. The zero-order valence-corrected chi connectivity index (χ0v) is 18.5. The van der Waals surface area contributed by atoms with Crippen molar-refractivity contribution in [3.8, 4) is 0 Å². The van der Waals surface area contributed by atoms with E-state index in [2.05, 4.69) is 28.2 Å². The van der Waals surface area contributed by atoms with Crippen LogP contribution in [0.5, 0.6) is 0 Å². The van der Waals surface area contributed by atoms with Gasteiger partial charge in [0.1, 0.15) is 5.82 Å². The Hall–Kier alpha value is -2.51. The summed E-state index contributed by atoms with van der Waals surface area (Å²) in [6, 6.07) is 12.4. The minimum atomic E-state index is -0.372. The molecule has 0 radical (unpaired) electrons. The van der Waals surface area contributed by atoms with E-state index in [4.69, 9.17) is 0 Å². The maximum atomic E-state index is 13.8. The predicted octanol–water partition coefficient (Wildman–Crippen LogP) is 3.95.